The van der Waals surface area contributed by atoms with E-state index in [1.807, 2.05) is 36.2 Å². The normalized spacial score (nSPS) is 19.5. The van der Waals surface area contributed by atoms with E-state index in [1.54, 1.807) is 11.3 Å². The molecule has 3 aromatic heterocycles. The largest absolute Gasteiger partial charge is 0.338 e. The van der Waals surface area contributed by atoms with E-state index in [0.717, 1.165) is 18.0 Å². The van der Waals surface area contributed by atoms with E-state index in [4.69, 9.17) is 4.52 Å². The van der Waals surface area contributed by atoms with Crippen LogP contribution in [0.25, 0.3) is 10.7 Å². The highest BCUT2D eigenvalue weighted by Gasteiger charge is 2.22. The monoisotopic (exact) mass is 315 g/mol. The van der Waals surface area contributed by atoms with Gasteiger partial charge in [-0.05, 0) is 30.8 Å². The van der Waals surface area contributed by atoms with E-state index >= 15 is 0 Å². The number of piperidine rings is 1. The van der Waals surface area contributed by atoms with Crippen molar-refractivity contribution in [1.29, 1.82) is 0 Å². The van der Waals surface area contributed by atoms with Crippen LogP contribution in [0.4, 0.5) is 0 Å². The minimum absolute atomic E-state index is 0.482. The highest BCUT2D eigenvalue weighted by Crippen LogP contribution is 2.24. The number of hydrogen-bond donors (Lipinski definition) is 0. The fourth-order valence-corrected chi connectivity index (χ4v) is 3.57. The smallest absolute Gasteiger partial charge is 0.241 e. The third-order valence-electron chi connectivity index (χ3n) is 4.00. The Morgan fingerprint density at radius 2 is 2.41 bits per heavy atom. The lowest BCUT2D eigenvalue weighted by Crippen LogP contribution is -2.35. The van der Waals surface area contributed by atoms with Gasteiger partial charge in [-0.3, -0.25) is 4.90 Å². The van der Waals surface area contributed by atoms with Gasteiger partial charge in [-0.25, -0.2) is 4.98 Å². The minimum atomic E-state index is 0.482. The molecule has 4 heterocycles. The lowest BCUT2D eigenvalue weighted by Gasteiger charge is -2.32. The lowest BCUT2D eigenvalue weighted by atomic mass is 10.1. The molecule has 0 N–H and O–H groups in total. The van der Waals surface area contributed by atoms with Crippen LogP contribution in [0.1, 0.15) is 24.8 Å². The summed E-state index contributed by atoms with van der Waals surface area (Å²) in [6, 6.07) is 4.49. The van der Waals surface area contributed by atoms with E-state index in [9.17, 15) is 0 Å². The number of nitrogens with zero attached hydrogens (tertiary/aromatic N) is 5. The SMILES string of the molecule is c1csc(-c2noc(CN3CCCC(n4ccnc4)C3)n2)c1. The Morgan fingerprint density at radius 1 is 1.41 bits per heavy atom. The summed E-state index contributed by atoms with van der Waals surface area (Å²) in [5, 5.41) is 6.10. The van der Waals surface area contributed by atoms with Crippen LogP contribution < -0.4 is 0 Å². The molecule has 4 rings (SSSR count). The number of aromatic nitrogens is 4. The molecule has 0 radical (unpaired) electrons. The lowest BCUT2D eigenvalue weighted by molar-refractivity contribution is 0.152. The van der Waals surface area contributed by atoms with Gasteiger partial charge >= 0.3 is 0 Å². The molecule has 114 valence electrons. The molecular formula is C15H17N5OS. The van der Waals surface area contributed by atoms with Crippen LogP contribution in [-0.4, -0.2) is 37.7 Å². The van der Waals surface area contributed by atoms with Crippen LogP contribution in [0.15, 0.2) is 40.8 Å². The summed E-state index contributed by atoms with van der Waals surface area (Å²) in [5.41, 5.74) is 0. The average Bonchev–Trinajstić information content (AvgIpc) is 3.29. The van der Waals surface area contributed by atoms with Crippen molar-refractivity contribution < 1.29 is 4.52 Å². The average molecular weight is 315 g/mol. The van der Waals surface area contributed by atoms with Crippen molar-refractivity contribution in [3.8, 4) is 10.7 Å². The van der Waals surface area contributed by atoms with Gasteiger partial charge in [0.25, 0.3) is 0 Å². The van der Waals surface area contributed by atoms with Gasteiger partial charge < -0.3 is 9.09 Å². The van der Waals surface area contributed by atoms with Crippen molar-refractivity contribution >= 4 is 11.3 Å². The number of rotatable bonds is 4. The summed E-state index contributed by atoms with van der Waals surface area (Å²) in [4.78, 5) is 12.1. The molecule has 0 amide bonds. The molecule has 1 aliphatic rings. The quantitative estimate of drug-likeness (QED) is 0.741. The van der Waals surface area contributed by atoms with Crippen molar-refractivity contribution in [1.82, 2.24) is 24.6 Å². The van der Waals surface area contributed by atoms with Crippen LogP contribution in [0.3, 0.4) is 0 Å². The Labute approximate surface area is 132 Å². The van der Waals surface area contributed by atoms with Gasteiger partial charge in [0.1, 0.15) is 0 Å². The van der Waals surface area contributed by atoms with E-state index in [2.05, 4.69) is 24.6 Å². The fourth-order valence-electron chi connectivity index (χ4n) is 2.92. The van der Waals surface area contributed by atoms with Gasteiger partial charge in [0.15, 0.2) is 0 Å². The first kappa shape index (κ1) is 13.7. The van der Waals surface area contributed by atoms with Crippen LogP contribution in [0.5, 0.6) is 0 Å². The van der Waals surface area contributed by atoms with Gasteiger partial charge in [-0.15, -0.1) is 11.3 Å². The number of thiophene rings is 1. The highest BCUT2D eigenvalue weighted by atomic mass is 32.1. The minimum Gasteiger partial charge on any atom is -0.338 e. The molecule has 1 fully saturated rings. The molecule has 1 saturated heterocycles. The Bertz CT molecular complexity index is 706. The standard InChI is InChI=1S/C15H17N5OS/c1-3-12(20-7-5-16-11-20)9-19(6-1)10-14-17-15(18-21-14)13-4-2-8-22-13/h2,4-5,7-8,11-12H,1,3,6,9-10H2. The third-order valence-corrected chi connectivity index (χ3v) is 4.86. The van der Waals surface area contributed by atoms with Crippen molar-refractivity contribution in [2.75, 3.05) is 13.1 Å². The van der Waals surface area contributed by atoms with E-state index < -0.39 is 0 Å². The maximum Gasteiger partial charge on any atom is 0.241 e. The van der Waals surface area contributed by atoms with Crippen molar-refractivity contribution in [2.45, 2.75) is 25.4 Å². The molecule has 0 bridgehead atoms. The third kappa shape index (κ3) is 2.82. The maximum absolute atomic E-state index is 5.40. The number of imidazole rings is 1. The Morgan fingerprint density at radius 3 is 3.23 bits per heavy atom. The van der Waals surface area contributed by atoms with Crippen LogP contribution in [0.2, 0.25) is 0 Å². The van der Waals surface area contributed by atoms with Gasteiger partial charge in [-0.2, -0.15) is 4.98 Å². The molecular weight excluding hydrogens is 298 g/mol. The van der Waals surface area contributed by atoms with Crippen molar-refractivity contribution in [2.24, 2.45) is 0 Å². The highest BCUT2D eigenvalue weighted by molar-refractivity contribution is 7.13. The summed E-state index contributed by atoms with van der Waals surface area (Å²) >= 11 is 1.63. The molecule has 0 spiro atoms. The van der Waals surface area contributed by atoms with Gasteiger partial charge in [0.2, 0.25) is 11.7 Å². The molecule has 1 unspecified atom stereocenters. The molecule has 0 saturated carbocycles. The number of hydrogen-bond acceptors (Lipinski definition) is 6. The maximum atomic E-state index is 5.40. The Balaban J connectivity index is 1.43. The van der Waals surface area contributed by atoms with Crippen LogP contribution in [-0.2, 0) is 6.54 Å². The molecule has 1 aliphatic heterocycles. The zero-order valence-electron chi connectivity index (χ0n) is 12.1. The van der Waals surface area contributed by atoms with Gasteiger partial charge in [-0.1, -0.05) is 11.2 Å². The predicted molar refractivity (Wildman–Crippen MR) is 83.4 cm³/mol. The molecule has 22 heavy (non-hydrogen) atoms. The second kappa shape index (κ2) is 6.02. The first-order valence-corrected chi connectivity index (χ1v) is 8.33. The van der Waals surface area contributed by atoms with Crippen LogP contribution in [0, 0.1) is 0 Å². The molecule has 6 nitrogen and oxygen atoms in total. The second-order valence-corrected chi connectivity index (χ2v) is 6.48. The van der Waals surface area contributed by atoms with E-state index in [1.165, 1.54) is 12.8 Å². The molecule has 0 aliphatic carbocycles. The first-order valence-electron chi connectivity index (χ1n) is 7.45. The molecule has 7 heteroatoms. The summed E-state index contributed by atoms with van der Waals surface area (Å²) in [5.74, 6) is 1.38. The summed E-state index contributed by atoms with van der Waals surface area (Å²) in [6.07, 6.45) is 8.14. The summed E-state index contributed by atoms with van der Waals surface area (Å²) in [7, 11) is 0. The zero-order valence-corrected chi connectivity index (χ0v) is 12.9. The van der Waals surface area contributed by atoms with Crippen molar-refractivity contribution in [3.05, 3.63) is 42.1 Å². The number of likely N-dealkylation sites (tertiary alicyclic amines) is 1. The first-order chi connectivity index (χ1) is 10.9. The van der Waals surface area contributed by atoms with Crippen LogP contribution >= 0.6 is 11.3 Å². The Hall–Kier alpha value is -1.99. The van der Waals surface area contributed by atoms with E-state index in [0.29, 0.717) is 24.3 Å². The summed E-state index contributed by atoms with van der Waals surface area (Å²) < 4.78 is 7.59. The van der Waals surface area contributed by atoms with E-state index in [-0.39, 0.29) is 0 Å². The molecule has 3 aromatic rings. The zero-order chi connectivity index (χ0) is 14.8. The van der Waals surface area contributed by atoms with Crippen molar-refractivity contribution in [3.63, 3.8) is 0 Å². The van der Waals surface area contributed by atoms with Gasteiger partial charge in [0, 0.05) is 25.0 Å². The predicted octanol–water partition coefficient (Wildman–Crippen LogP) is 2.83. The topological polar surface area (TPSA) is 60.0 Å². The summed E-state index contributed by atoms with van der Waals surface area (Å²) in [6.45, 7) is 2.78. The molecule has 1 atom stereocenters. The Kier molecular flexibility index (Phi) is 3.74. The second-order valence-electron chi connectivity index (χ2n) is 5.53. The molecule has 0 aromatic carbocycles. The van der Waals surface area contributed by atoms with Gasteiger partial charge in [0.05, 0.1) is 17.7 Å². The fraction of sp³-hybridized carbons (Fsp3) is 0.400.